The summed E-state index contributed by atoms with van der Waals surface area (Å²) in [6.45, 7) is 0. The molecule has 3 rings (SSSR count). The number of aliphatic hydroxyl groups is 1. The van der Waals surface area contributed by atoms with Crippen molar-refractivity contribution >= 4 is 0 Å². The summed E-state index contributed by atoms with van der Waals surface area (Å²) in [7, 11) is 0. The fraction of sp³-hybridized carbons (Fsp3) is 0.333. The molecule has 0 bridgehead atoms. The topological polar surface area (TPSA) is 20.2 Å². The standard InChI is InChI=1S/C18H18F2O/c19-16-9-4-10-17(20)15(16)11-18(21)14-8-2-1-7-13(14)12-5-3-6-12/h1-2,4,7-10,12,18,21H,3,5-6,11H2. The first kappa shape index (κ1) is 14.2. The van der Waals surface area contributed by atoms with Crippen LogP contribution in [0, 0.1) is 11.6 Å². The minimum Gasteiger partial charge on any atom is -0.388 e. The maximum Gasteiger partial charge on any atom is 0.129 e. The lowest BCUT2D eigenvalue weighted by Gasteiger charge is -2.29. The maximum absolute atomic E-state index is 13.7. The van der Waals surface area contributed by atoms with E-state index in [1.54, 1.807) is 0 Å². The SMILES string of the molecule is OC(Cc1c(F)cccc1F)c1ccccc1C1CCC1. The highest BCUT2D eigenvalue weighted by Gasteiger charge is 2.25. The molecule has 1 N–H and O–H groups in total. The summed E-state index contributed by atoms with van der Waals surface area (Å²) in [5.74, 6) is -0.730. The van der Waals surface area contributed by atoms with Crippen LogP contribution in [0.4, 0.5) is 8.78 Å². The van der Waals surface area contributed by atoms with Crippen molar-refractivity contribution < 1.29 is 13.9 Å². The number of benzene rings is 2. The predicted molar refractivity (Wildman–Crippen MR) is 78.1 cm³/mol. The van der Waals surface area contributed by atoms with Crippen molar-refractivity contribution in [2.24, 2.45) is 0 Å². The second-order valence-corrected chi connectivity index (χ2v) is 5.68. The monoisotopic (exact) mass is 288 g/mol. The van der Waals surface area contributed by atoms with Gasteiger partial charge in [-0.3, -0.25) is 0 Å². The first-order valence-electron chi connectivity index (χ1n) is 7.36. The van der Waals surface area contributed by atoms with Gasteiger partial charge in [-0.25, -0.2) is 8.78 Å². The lowest BCUT2D eigenvalue weighted by molar-refractivity contribution is 0.173. The zero-order valence-corrected chi connectivity index (χ0v) is 11.7. The van der Waals surface area contributed by atoms with Crippen molar-refractivity contribution in [2.45, 2.75) is 37.7 Å². The van der Waals surface area contributed by atoms with E-state index in [1.807, 2.05) is 24.3 Å². The van der Waals surface area contributed by atoms with Crippen molar-refractivity contribution in [3.05, 3.63) is 70.8 Å². The average Bonchev–Trinajstić information content (AvgIpc) is 2.42. The summed E-state index contributed by atoms with van der Waals surface area (Å²) >= 11 is 0. The lowest BCUT2D eigenvalue weighted by Crippen LogP contribution is -2.14. The Morgan fingerprint density at radius 3 is 2.29 bits per heavy atom. The summed E-state index contributed by atoms with van der Waals surface area (Å²) in [6.07, 6.45) is 2.53. The zero-order valence-electron chi connectivity index (χ0n) is 11.7. The van der Waals surface area contributed by atoms with Crippen LogP contribution in [0.5, 0.6) is 0 Å². The van der Waals surface area contributed by atoms with Crippen LogP contribution < -0.4 is 0 Å². The zero-order chi connectivity index (χ0) is 14.8. The van der Waals surface area contributed by atoms with Gasteiger partial charge < -0.3 is 5.11 Å². The number of aliphatic hydroxyl groups excluding tert-OH is 1. The maximum atomic E-state index is 13.7. The molecule has 2 aromatic rings. The molecule has 0 aromatic heterocycles. The van der Waals surface area contributed by atoms with E-state index >= 15 is 0 Å². The van der Waals surface area contributed by atoms with Crippen molar-refractivity contribution in [1.29, 1.82) is 0 Å². The van der Waals surface area contributed by atoms with Crippen molar-refractivity contribution in [1.82, 2.24) is 0 Å². The minimum atomic E-state index is -0.881. The van der Waals surface area contributed by atoms with E-state index in [0.717, 1.165) is 24.0 Å². The second kappa shape index (κ2) is 5.94. The van der Waals surface area contributed by atoms with E-state index in [1.165, 1.54) is 24.6 Å². The van der Waals surface area contributed by atoms with Crippen LogP contribution in [-0.4, -0.2) is 5.11 Å². The third-order valence-corrected chi connectivity index (χ3v) is 4.36. The van der Waals surface area contributed by atoms with Crippen molar-refractivity contribution in [2.75, 3.05) is 0 Å². The molecular formula is C18H18F2O. The smallest absolute Gasteiger partial charge is 0.129 e. The molecule has 1 nitrogen and oxygen atoms in total. The molecule has 1 saturated carbocycles. The Morgan fingerprint density at radius 2 is 1.67 bits per heavy atom. The lowest BCUT2D eigenvalue weighted by atomic mass is 9.77. The van der Waals surface area contributed by atoms with Gasteiger partial charge in [-0.15, -0.1) is 0 Å². The van der Waals surface area contributed by atoms with E-state index in [2.05, 4.69) is 0 Å². The van der Waals surface area contributed by atoms with Gasteiger partial charge in [-0.1, -0.05) is 36.8 Å². The third kappa shape index (κ3) is 2.84. The Morgan fingerprint density at radius 1 is 1.00 bits per heavy atom. The van der Waals surface area contributed by atoms with Gasteiger partial charge in [0.05, 0.1) is 6.10 Å². The first-order chi connectivity index (χ1) is 10.2. The van der Waals surface area contributed by atoms with Crippen LogP contribution in [0.1, 0.15) is 48.0 Å². The Hall–Kier alpha value is -1.74. The van der Waals surface area contributed by atoms with Crippen LogP contribution in [0.3, 0.4) is 0 Å². The minimum absolute atomic E-state index is 0.0394. The van der Waals surface area contributed by atoms with Gasteiger partial charge in [0.2, 0.25) is 0 Å². The Labute approximate surface area is 123 Å². The summed E-state index contributed by atoms with van der Waals surface area (Å²) in [5, 5.41) is 10.4. The van der Waals surface area contributed by atoms with Crippen molar-refractivity contribution in [3.63, 3.8) is 0 Å². The Balaban J connectivity index is 1.87. The highest BCUT2D eigenvalue weighted by molar-refractivity contribution is 5.34. The van der Waals surface area contributed by atoms with Gasteiger partial charge >= 0.3 is 0 Å². The molecule has 1 aliphatic rings. The number of hydrogen-bond acceptors (Lipinski definition) is 1. The molecule has 0 spiro atoms. The van der Waals surface area contributed by atoms with Gasteiger partial charge in [0.25, 0.3) is 0 Å². The molecule has 1 unspecified atom stereocenters. The summed E-state index contributed by atoms with van der Waals surface area (Å²) in [5.41, 5.74) is 1.87. The summed E-state index contributed by atoms with van der Waals surface area (Å²) in [6, 6.07) is 11.5. The van der Waals surface area contributed by atoms with Gasteiger partial charge in [0.1, 0.15) is 11.6 Å². The highest BCUT2D eigenvalue weighted by Crippen LogP contribution is 2.40. The normalized spacial score (nSPS) is 16.5. The van der Waals surface area contributed by atoms with Crippen LogP contribution in [0.2, 0.25) is 0 Å². The van der Waals surface area contributed by atoms with E-state index in [4.69, 9.17) is 0 Å². The molecule has 0 radical (unpaired) electrons. The van der Waals surface area contributed by atoms with Crippen LogP contribution in [0.25, 0.3) is 0 Å². The number of hydrogen-bond donors (Lipinski definition) is 1. The molecular weight excluding hydrogens is 270 g/mol. The molecule has 0 saturated heterocycles. The molecule has 3 heteroatoms. The Bertz CT molecular complexity index is 615. The molecule has 0 heterocycles. The van der Waals surface area contributed by atoms with E-state index in [9.17, 15) is 13.9 Å². The molecule has 1 fully saturated rings. The molecule has 110 valence electrons. The largest absolute Gasteiger partial charge is 0.388 e. The molecule has 2 aromatic carbocycles. The fourth-order valence-corrected chi connectivity index (χ4v) is 2.94. The van der Waals surface area contributed by atoms with E-state index in [0.29, 0.717) is 5.92 Å². The summed E-state index contributed by atoms with van der Waals surface area (Å²) < 4.78 is 27.4. The van der Waals surface area contributed by atoms with Gasteiger partial charge in [0, 0.05) is 12.0 Å². The summed E-state index contributed by atoms with van der Waals surface area (Å²) in [4.78, 5) is 0. The van der Waals surface area contributed by atoms with Crippen LogP contribution in [0.15, 0.2) is 42.5 Å². The fourth-order valence-electron chi connectivity index (χ4n) is 2.94. The van der Waals surface area contributed by atoms with Crippen LogP contribution >= 0.6 is 0 Å². The molecule has 0 amide bonds. The second-order valence-electron chi connectivity index (χ2n) is 5.68. The third-order valence-electron chi connectivity index (χ3n) is 4.36. The first-order valence-corrected chi connectivity index (χ1v) is 7.36. The molecule has 1 aliphatic carbocycles. The van der Waals surface area contributed by atoms with E-state index < -0.39 is 17.7 Å². The Kier molecular flexibility index (Phi) is 4.02. The van der Waals surface area contributed by atoms with E-state index in [-0.39, 0.29) is 12.0 Å². The average molecular weight is 288 g/mol. The quantitative estimate of drug-likeness (QED) is 0.877. The molecule has 0 aliphatic heterocycles. The van der Waals surface area contributed by atoms with Gasteiger partial charge in [-0.2, -0.15) is 0 Å². The van der Waals surface area contributed by atoms with Gasteiger partial charge in [0.15, 0.2) is 0 Å². The van der Waals surface area contributed by atoms with Crippen LogP contribution in [-0.2, 0) is 6.42 Å². The number of halogens is 2. The number of rotatable bonds is 4. The van der Waals surface area contributed by atoms with Gasteiger partial charge in [-0.05, 0) is 42.0 Å². The molecule has 21 heavy (non-hydrogen) atoms. The predicted octanol–water partition coefficient (Wildman–Crippen LogP) is 4.51. The highest BCUT2D eigenvalue weighted by atomic mass is 19.1. The van der Waals surface area contributed by atoms with Crippen molar-refractivity contribution in [3.8, 4) is 0 Å². The molecule has 1 atom stereocenters.